The molecule has 2 aromatic carbocycles. The second kappa shape index (κ2) is 5.56. The standard InChI is InChI=1S/C14H11F2NO3/c1-20-9-3-5-13(18)10(7-9)14(19)17-12-6-8(15)2-4-11(12)16/h2-7,18H,1H3,(H,17,19). The number of rotatable bonds is 3. The third-order valence-corrected chi connectivity index (χ3v) is 2.62. The monoisotopic (exact) mass is 279 g/mol. The van der Waals surface area contributed by atoms with Gasteiger partial charge in [0, 0.05) is 6.07 Å². The molecule has 6 heteroatoms. The minimum Gasteiger partial charge on any atom is -0.507 e. The largest absolute Gasteiger partial charge is 0.507 e. The van der Waals surface area contributed by atoms with Crippen molar-refractivity contribution < 1.29 is 23.4 Å². The van der Waals surface area contributed by atoms with Crippen LogP contribution in [0, 0.1) is 11.6 Å². The highest BCUT2D eigenvalue weighted by atomic mass is 19.1. The first-order valence-corrected chi connectivity index (χ1v) is 5.64. The number of amides is 1. The maximum atomic E-state index is 13.4. The number of aromatic hydroxyl groups is 1. The summed E-state index contributed by atoms with van der Waals surface area (Å²) in [6.07, 6.45) is 0. The van der Waals surface area contributed by atoms with Crippen LogP contribution in [0.15, 0.2) is 36.4 Å². The Balaban J connectivity index is 2.30. The van der Waals surface area contributed by atoms with Gasteiger partial charge in [-0.3, -0.25) is 4.79 Å². The van der Waals surface area contributed by atoms with Gasteiger partial charge in [0.05, 0.1) is 18.4 Å². The van der Waals surface area contributed by atoms with Crippen molar-refractivity contribution in [2.24, 2.45) is 0 Å². The summed E-state index contributed by atoms with van der Waals surface area (Å²) < 4.78 is 31.4. The lowest BCUT2D eigenvalue weighted by Gasteiger charge is -2.09. The van der Waals surface area contributed by atoms with E-state index >= 15 is 0 Å². The van der Waals surface area contributed by atoms with E-state index in [1.807, 2.05) is 0 Å². The second-order valence-electron chi connectivity index (χ2n) is 3.96. The molecule has 20 heavy (non-hydrogen) atoms. The van der Waals surface area contributed by atoms with E-state index in [0.717, 1.165) is 18.2 Å². The number of halogens is 2. The molecular formula is C14H11F2NO3. The van der Waals surface area contributed by atoms with E-state index in [1.54, 1.807) is 0 Å². The molecule has 0 fully saturated rings. The molecule has 0 atom stereocenters. The summed E-state index contributed by atoms with van der Waals surface area (Å²) in [5.41, 5.74) is -0.412. The Morgan fingerprint density at radius 1 is 1.20 bits per heavy atom. The van der Waals surface area contributed by atoms with Crippen LogP contribution in [-0.2, 0) is 0 Å². The van der Waals surface area contributed by atoms with Crippen molar-refractivity contribution in [3.63, 3.8) is 0 Å². The fraction of sp³-hybridized carbons (Fsp3) is 0.0714. The first-order valence-electron chi connectivity index (χ1n) is 5.64. The zero-order valence-electron chi connectivity index (χ0n) is 10.5. The molecule has 0 bridgehead atoms. The molecule has 0 aliphatic carbocycles. The number of hydrogen-bond donors (Lipinski definition) is 2. The Morgan fingerprint density at radius 3 is 2.65 bits per heavy atom. The lowest BCUT2D eigenvalue weighted by Crippen LogP contribution is -2.13. The van der Waals surface area contributed by atoms with Gasteiger partial charge in [0.1, 0.15) is 23.1 Å². The number of carbonyl (C=O) groups is 1. The number of methoxy groups -OCH3 is 1. The molecule has 0 saturated heterocycles. The van der Waals surface area contributed by atoms with E-state index < -0.39 is 17.5 Å². The number of benzene rings is 2. The molecule has 1 amide bonds. The summed E-state index contributed by atoms with van der Waals surface area (Å²) in [6.45, 7) is 0. The van der Waals surface area contributed by atoms with Gasteiger partial charge in [-0.1, -0.05) is 0 Å². The van der Waals surface area contributed by atoms with Crippen LogP contribution in [0.2, 0.25) is 0 Å². The van der Waals surface area contributed by atoms with Crippen molar-refractivity contribution in [1.82, 2.24) is 0 Å². The smallest absolute Gasteiger partial charge is 0.259 e. The minimum absolute atomic E-state index is 0.104. The Morgan fingerprint density at radius 2 is 1.95 bits per heavy atom. The Labute approximate surface area is 113 Å². The van der Waals surface area contributed by atoms with E-state index in [1.165, 1.54) is 25.3 Å². The van der Waals surface area contributed by atoms with Crippen LogP contribution >= 0.6 is 0 Å². The summed E-state index contributed by atoms with van der Waals surface area (Å²) in [5, 5.41) is 11.8. The van der Waals surface area contributed by atoms with Crippen molar-refractivity contribution in [3.8, 4) is 11.5 Å². The number of phenolic OH excluding ortho intramolecular Hbond substituents is 1. The van der Waals surface area contributed by atoms with Gasteiger partial charge in [0.2, 0.25) is 0 Å². The van der Waals surface area contributed by atoms with E-state index in [2.05, 4.69) is 5.32 Å². The number of anilines is 1. The SMILES string of the molecule is COc1ccc(O)c(C(=O)Nc2cc(F)ccc2F)c1. The molecule has 0 aliphatic rings. The zero-order valence-corrected chi connectivity index (χ0v) is 10.5. The van der Waals surface area contributed by atoms with Gasteiger partial charge >= 0.3 is 0 Å². The van der Waals surface area contributed by atoms with E-state index in [9.17, 15) is 18.7 Å². The van der Waals surface area contributed by atoms with Crippen LogP contribution in [0.5, 0.6) is 11.5 Å². The molecule has 4 nitrogen and oxygen atoms in total. The second-order valence-corrected chi connectivity index (χ2v) is 3.96. The average molecular weight is 279 g/mol. The van der Waals surface area contributed by atoms with Crippen LogP contribution in [-0.4, -0.2) is 18.1 Å². The van der Waals surface area contributed by atoms with Gasteiger partial charge in [0.25, 0.3) is 5.91 Å². The van der Waals surface area contributed by atoms with Crippen LogP contribution in [0.1, 0.15) is 10.4 Å². The summed E-state index contributed by atoms with van der Waals surface area (Å²) in [7, 11) is 1.40. The van der Waals surface area contributed by atoms with Gasteiger partial charge in [0.15, 0.2) is 0 Å². The topological polar surface area (TPSA) is 58.6 Å². The Hall–Kier alpha value is -2.63. The average Bonchev–Trinajstić information content (AvgIpc) is 2.43. The molecule has 0 spiro atoms. The Bertz CT molecular complexity index is 659. The fourth-order valence-corrected chi connectivity index (χ4v) is 1.61. The number of hydrogen-bond acceptors (Lipinski definition) is 3. The molecule has 0 unspecified atom stereocenters. The lowest BCUT2D eigenvalue weighted by molar-refractivity contribution is 0.102. The van der Waals surface area contributed by atoms with E-state index in [4.69, 9.17) is 4.74 Å². The summed E-state index contributed by atoms with van der Waals surface area (Å²) in [6, 6.07) is 6.72. The molecule has 0 saturated carbocycles. The van der Waals surface area contributed by atoms with Crippen molar-refractivity contribution in [3.05, 3.63) is 53.6 Å². The lowest BCUT2D eigenvalue weighted by atomic mass is 10.1. The van der Waals surface area contributed by atoms with Crippen molar-refractivity contribution >= 4 is 11.6 Å². The summed E-state index contributed by atoms with van der Waals surface area (Å²) in [4.78, 5) is 12.0. The highest BCUT2D eigenvalue weighted by Gasteiger charge is 2.15. The third kappa shape index (κ3) is 2.85. The minimum atomic E-state index is -0.776. The molecule has 104 valence electrons. The summed E-state index contributed by atoms with van der Waals surface area (Å²) in [5.74, 6) is -2.17. The first kappa shape index (κ1) is 13.8. The van der Waals surface area contributed by atoms with E-state index in [0.29, 0.717) is 5.75 Å². The molecule has 0 aliphatic heterocycles. The van der Waals surface area contributed by atoms with E-state index in [-0.39, 0.29) is 17.0 Å². The fourth-order valence-electron chi connectivity index (χ4n) is 1.61. The molecule has 0 radical (unpaired) electrons. The highest BCUT2D eigenvalue weighted by molar-refractivity contribution is 6.06. The summed E-state index contributed by atoms with van der Waals surface area (Å²) >= 11 is 0. The van der Waals surface area contributed by atoms with Gasteiger partial charge in [-0.2, -0.15) is 0 Å². The number of phenols is 1. The molecule has 2 N–H and O–H groups in total. The van der Waals surface area contributed by atoms with Crippen molar-refractivity contribution in [2.75, 3.05) is 12.4 Å². The number of nitrogens with one attached hydrogen (secondary N) is 1. The maximum Gasteiger partial charge on any atom is 0.259 e. The van der Waals surface area contributed by atoms with Crippen LogP contribution in [0.3, 0.4) is 0 Å². The Kier molecular flexibility index (Phi) is 3.84. The van der Waals surface area contributed by atoms with Gasteiger partial charge in [-0.25, -0.2) is 8.78 Å². The van der Waals surface area contributed by atoms with Crippen molar-refractivity contribution in [1.29, 1.82) is 0 Å². The predicted octanol–water partition coefficient (Wildman–Crippen LogP) is 2.93. The third-order valence-electron chi connectivity index (χ3n) is 2.62. The highest BCUT2D eigenvalue weighted by Crippen LogP contribution is 2.24. The number of ether oxygens (including phenoxy) is 1. The molecule has 2 rings (SSSR count). The normalized spacial score (nSPS) is 10.2. The number of carbonyl (C=O) groups excluding carboxylic acids is 1. The maximum absolute atomic E-state index is 13.4. The zero-order chi connectivity index (χ0) is 14.7. The van der Waals surface area contributed by atoms with Crippen LogP contribution in [0.25, 0.3) is 0 Å². The van der Waals surface area contributed by atoms with Crippen molar-refractivity contribution in [2.45, 2.75) is 0 Å². The predicted molar refractivity (Wildman–Crippen MR) is 69.0 cm³/mol. The van der Waals surface area contributed by atoms with Gasteiger partial charge < -0.3 is 15.2 Å². The van der Waals surface area contributed by atoms with Gasteiger partial charge in [-0.05, 0) is 30.3 Å². The van der Waals surface area contributed by atoms with Crippen LogP contribution < -0.4 is 10.1 Å². The molecule has 0 aromatic heterocycles. The van der Waals surface area contributed by atoms with Gasteiger partial charge in [-0.15, -0.1) is 0 Å². The molecular weight excluding hydrogens is 268 g/mol. The molecule has 2 aromatic rings. The van der Waals surface area contributed by atoms with Crippen LogP contribution in [0.4, 0.5) is 14.5 Å². The quantitative estimate of drug-likeness (QED) is 0.908. The first-order chi connectivity index (χ1) is 9.51. The molecule has 0 heterocycles.